The van der Waals surface area contributed by atoms with Crippen LogP contribution in [-0.4, -0.2) is 24.5 Å². The van der Waals surface area contributed by atoms with E-state index in [1.165, 1.54) is 0 Å². The molecule has 1 atom stereocenters. The van der Waals surface area contributed by atoms with Gasteiger partial charge in [-0.25, -0.2) is 0 Å². The number of amides is 1. The van der Waals surface area contributed by atoms with Crippen LogP contribution in [0.15, 0.2) is 45.6 Å². The zero-order valence-corrected chi connectivity index (χ0v) is 16.5. The van der Waals surface area contributed by atoms with Crippen molar-refractivity contribution in [3.63, 3.8) is 0 Å². The monoisotopic (exact) mass is 377 g/mol. The Morgan fingerprint density at radius 1 is 1.07 bits per heavy atom. The summed E-state index contributed by atoms with van der Waals surface area (Å²) in [6.07, 6.45) is 0.933. The number of benzene rings is 2. The molecular formula is C23H23NO4. The van der Waals surface area contributed by atoms with Gasteiger partial charge in [0.1, 0.15) is 11.3 Å². The lowest BCUT2D eigenvalue weighted by atomic mass is 9.97. The average Bonchev–Trinajstić information content (AvgIpc) is 2.94. The molecule has 1 unspecified atom stereocenters. The van der Waals surface area contributed by atoms with E-state index in [4.69, 9.17) is 9.15 Å². The highest BCUT2D eigenvalue weighted by Gasteiger charge is 2.40. The van der Waals surface area contributed by atoms with Crippen LogP contribution in [0.5, 0.6) is 5.75 Å². The normalized spacial score (nSPS) is 15.9. The Kier molecular flexibility index (Phi) is 4.46. The Balaban J connectivity index is 1.86. The van der Waals surface area contributed by atoms with Crippen molar-refractivity contribution in [1.29, 1.82) is 0 Å². The zero-order valence-electron chi connectivity index (χ0n) is 16.5. The van der Waals surface area contributed by atoms with E-state index in [0.717, 1.165) is 28.9 Å². The minimum Gasteiger partial charge on any atom is -0.494 e. The molecule has 5 heteroatoms. The van der Waals surface area contributed by atoms with Gasteiger partial charge in [0.25, 0.3) is 5.91 Å². The van der Waals surface area contributed by atoms with Gasteiger partial charge in [0.2, 0.25) is 5.76 Å². The first kappa shape index (κ1) is 18.3. The third kappa shape index (κ3) is 2.78. The van der Waals surface area contributed by atoms with Crippen LogP contribution in [0.4, 0.5) is 0 Å². The fourth-order valence-electron chi connectivity index (χ4n) is 3.70. The molecular weight excluding hydrogens is 354 g/mol. The number of nitrogens with zero attached hydrogens (tertiary/aromatic N) is 1. The number of fused-ring (bicyclic) bond motifs is 2. The van der Waals surface area contributed by atoms with E-state index in [1.54, 1.807) is 11.9 Å². The molecule has 0 aliphatic carbocycles. The first-order chi connectivity index (χ1) is 13.4. The van der Waals surface area contributed by atoms with Crippen molar-refractivity contribution in [3.05, 3.63) is 74.6 Å². The Hall–Kier alpha value is -3.08. The quantitative estimate of drug-likeness (QED) is 0.677. The number of ether oxygens (including phenoxy) is 1. The van der Waals surface area contributed by atoms with Gasteiger partial charge in [-0.1, -0.05) is 19.1 Å². The van der Waals surface area contributed by atoms with Crippen LogP contribution in [0.1, 0.15) is 52.2 Å². The molecule has 0 saturated heterocycles. The van der Waals surface area contributed by atoms with E-state index < -0.39 is 6.04 Å². The third-order valence-electron chi connectivity index (χ3n) is 5.39. The molecule has 0 N–H and O–H groups in total. The summed E-state index contributed by atoms with van der Waals surface area (Å²) >= 11 is 0. The van der Waals surface area contributed by atoms with Crippen LogP contribution in [0.25, 0.3) is 11.0 Å². The lowest BCUT2D eigenvalue weighted by Crippen LogP contribution is -2.25. The molecule has 0 spiro atoms. The second-order valence-corrected chi connectivity index (χ2v) is 7.34. The van der Waals surface area contributed by atoms with Crippen molar-refractivity contribution < 1.29 is 13.9 Å². The predicted octanol–water partition coefficient (Wildman–Crippen LogP) is 4.37. The second-order valence-electron chi connectivity index (χ2n) is 7.34. The first-order valence-corrected chi connectivity index (χ1v) is 9.50. The maximum absolute atomic E-state index is 13.3. The van der Waals surface area contributed by atoms with Gasteiger partial charge in [0.05, 0.1) is 23.6 Å². The van der Waals surface area contributed by atoms with Gasteiger partial charge in [-0.15, -0.1) is 0 Å². The maximum Gasteiger partial charge on any atom is 0.290 e. The number of aryl methyl sites for hydroxylation is 2. The van der Waals surface area contributed by atoms with Crippen molar-refractivity contribution in [2.75, 3.05) is 13.7 Å². The van der Waals surface area contributed by atoms with Crippen molar-refractivity contribution in [2.24, 2.45) is 0 Å². The number of hydrogen-bond donors (Lipinski definition) is 0. The number of carbonyl (C=O) groups excluding carboxylic acids is 1. The Morgan fingerprint density at radius 2 is 1.75 bits per heavy atom. The molecule has 0 fully saturated rings. The smallest absolute Gasteiger partial charge is 0.290 e. The molecule has 0 saturated carbocycles. The summed E-state index contributed by atoms with van der Waals surface area (Å²) in [5, 5.41) is 0.512. The van der Waals surface area contributed by atoms with E-state index in [1.807, 2.05) is 50.2 Å². The third-order valence-corrected chi connectivity index (χ3v) is 5.39. The molecule has 0 radical (unpaired) electrons. The summed E-state index contributed by atoms with van der Waals surface area (Å²) in [7, 11) is 1.70. The van der Waals surface area contributed by atoms with Gasteiger partial charge in [0.15, 0.2) is 5.43 Å². The summed E-state index contributed by atoms with van der Waals surface area (Å²) in [5.41, 5.74) is 3.62. The van der Waals surface area contributed by atoms with E-state index in [0.29, 0.717) is 23.1 Å². The molecule has 1 amide bonds. The Bertz CT molecular complexity index is 1130. The maximum atomic E-state index is 13.3. The van der Waals surface area contributed by atoms with Crippen molar-refractivity contribution in [1.82, 2.24) is 4.90 Å². The van der Waals surface area contributed by atoms with Crippen LogP contribution in [0.3, 0.4) is 0 Å². The topological polar surface area (TPSA) is 59.8 Å². The van der Waals surface area contributed by atoms with Gasteiger partial charge >= 0.3 is 0 Å². The predicted molar refractivity (Wildman–Crippen MR) is 108 cm³/mol. The average molecular weight is 377 g/mol. The highest BCUT2D eigenvalue weighted by atomic mass is 16.5. The zero-order chi connectivity index (χ0) is 20.0. The van der Waals surface area contributed by atoms with E-state index in [9.17, 15) is 9.59 Å². The summed E-state index contributed by atoms with van der Waals surface area (Å²) in [6, 6.07) is 10.8. The molecule has 144 valence electrons. The minimum atomic E-state index is -0.468. The highest BCUT2D eigenvalue weighted by molar-refractivity contribution is 5.99. The molecule has 4 rings (SSSR count). The van der Waals surface area contributed by atoms with Crippen LogP contribution in [0.2, 0.25) is 0 Å². The van der Waals surface area contributed by atoms with Gasteiger partial charge in [-0.2, -0.15) is 0 Å². The first-order valence-electron chi connectivity index (χ1n) is 9.50. The van der Waals surface area contributed by atoms with E-state index in [-0.39, 0.29) is 17.1 Å². The second kappa shape index (κ2) is 6.82. The summed E-state index contributed by atoms with van der Waals surface area (Å²) in [5.74, 6) is 0.637. The molecule has 2 heterocycles. The van der Waals surface area contributed by atoms with Crippen LogP contribution < -0.4 is 10.2 Å². The van der Waals surface area contributed by atoms with Gasteiger partial charge in [-0.3, -0.25) is 9.59 Å². The van der Waals surface area contributed by atoms with Gasteiger partial charge < -0.3 is 14.1 Å². The lowest BCUT2D eigenvalue weighted by Gasteiger charge is -2.20. The summed E-state index contributed by atoms with van der Waals surface area (Å²) < 4.78 is 11.6. The van der Waals surface area contributed by atoms with Gasteiger partial charge in [0, 0.05) is 7.05 Å². The molecule has 0 bridgehead atoms. The standard InChI is InChI=1S/C23H23NO4/c1-5-10-27-16-8-6-15(7-9-16)20-19-21(25)17-11-13(2)14(3)12-18(17)28-22(19)23(26)24(20)4/h6-9,11-12,20H,5,10H2,1-4H3. The molecule has 1 aliphatic heterocycles. The van der Waals surface area contributed by atoms with Crippen molar-refractivity contribution >= 4 is 16.9 Å². The SMILES string of the molecule is CCCOc1ccc(C2c3c(oc4cc(C)c(C)cc4c3=O)C(=O)N2C)cc1. The molecule has 5 nitrogen and oxygen atoms in total. The molecule has 2 aromatic carbocycles. The molecule has 1 aliphatic rings. The van der Waals surface area contributed by atoms with Crippen LogP contribution in [0, 0.1) is 13.8 Å². The lowest BCUT2D eigenvalue weighted by molar-refractivity contribution is 0.0771. The number of hydrogen-bond acceptors (Lipinski definition) is 4. The van der Waals surface area contributed by atoms with E-state index >= 15 is 0 Å². The fourth-order valence-corrected chi connectivity index (χ4v) is 3.70. The van der Waals surface area contributed by atoms with Crippen LogP contribution in [-0.2, 0) is 0 Å². The Labute approximate surface area is 163 Å². The largest absolute Gasteiger partial charge is 0.494 e. The van der Waals surface area contributed by atoms with Crippen molar-refractivity contribution in [3.8, 4) is 5.75 Å². The van der Waals surface area contributed by atoms with E-state index in [2.05, 4.69) is 6.92 Å². The number of rotatable bonds is 4. The molecule has 3 aromatic rings. The minimum absolute atomic E-state index is 0.138. The van der Waals surface area contributed by atoms with Crippen molar-refractivity contribution in [2.45, 2.75) is 33.2 Å². The summed E-state index contributed by atoms with van der Waals surface area (Å²) in [4.78, 5) is 27.7. The van der Waals surface area contributed by atoms with Gasteiger partial charge in [-0.05, 0) is 61.2 Å². The molecule has 1 aromatic heterocycles. The Morgan fingerprint density at radius 3 is 2.43 bits per heavy atom. The summed E-state index contributed by atoms with van der Waals surface area (Å²) in [6.45, 7) is 6.63. The fraction of sp³-hybridized carbons (Fsp3) is 0.304. The number of carbonyl (C=O) groups is 1. The molecule has 28 heavy (non-hydrogen) atoms. The van der Waals surface area contributed by atoms with Crippen LogP contribution >= 0.6 is 0 Å². The highest BCUT2D eigenvalue weighted by Crippen LogP contribution is 2.37.